The second-order valence-corrected chi connectivity index (χ2v) is 4.16. The Balaban J connectivity index is 2.21. The quantitative estimate of drug-likeness (QED) is 0.873. The Morgan fingerprint density at radius 3 is 2.24 bits per heavy atom. The molecule has 1 heterocycles. The molecular formula is C12H15F3N2. The van der Waals surface area contributed by atoms with Crippen molar-refractivity contribution >= 4 is 0 Å². The molecule has 1 aliphatic heterocycles. The highest BCUT2D eigenvalue weighted by Crippen LogP contribution is 2.23. The Morgan fingerprint density at radius 2 is 1.71 bits per heavy atom. The van der Waals surface area contributed by atoms with Crippen molar-refractivity contribution < 1.29 is 13.2 Å². The molecular weight excluding hydrogens is 229 g/mol. The molecule has 1 aromatic carbocycles. The fraction of sp³-hybridized carbons (Fsp3) is 0.500. The number of rotatable bonds is 3. The van der Waals surface area contributed by atoms with Crippen LogP contribution in [0.4, 0.5) is 13.2 Å². The Kier molecular flexibility index (Phi) is 4.02. The molecule has 94 valence electrons. The highest BCUT2D eigenvalue weighted by atomic mass is 19.1. The van der Waals surface area contributed by atoms with E-state index in [4.69, 9.17) is 0 Å². The number of alkyl halides is 1. The molecule has 0 bridgehead atoms. The summed E-state index contributed by atoms with van der Waals surface area (Å²) in [5.41, 5.74) is 0.368. The predicted octanol–water partition coefficient (Wildman–Crippen LogP) is 1.88. The Hall–Kier alpha value is -1.07. The van der Waals surface area contributed by atoms with E-state index in [1.54, 1.807) is 0 Å². The molecule has 0 aliphatic carbocycles. The summed E-state index contributed by atoms with van der Waals surface area (Å²) in [6, 6.07) is 2.66. The van der Waals surface area contributed by atoms with Crippen LogP contribution in [0.3, 0.4) is 0 Å². The highest BCUT2D eigenvalue weighted by Gasteiger charge is 2.22. The summed E-state index contributed by atoms with van der Waals surface area (Å²) >= 11 is 0. The smallest absolute Gasteiger partial charge is 0.126 e. The summed E-state index contributed by atoms with van der Waals surface area (Å²) in [7, 11) is 0. The van der Waals surface area contributed by atoms with Crippen molar-refractivity contribution in [1.29, 1.82) is 0 Å². The number of hydrogen-bond donors (Lipinski definition) is 1. The van der Waals surface area contributed by atoms with Gasteiger partial charge in [0.15, 0.2) is 0 Å². The monoisotopic (exact) mass is 244 g/mol. The average molecular weight is 244 g/mol. The summed E-state index contributed by atoms with van der Waals surface area (Å²) in [5, 5.41) is 3.16. The summed E-state index contributed by atoms with van der Waals surface area (Å²) in [5.74, 6) is -1.32. The van der Waals surface area contributed by atoms with Crippen molar-refractivity contribution in [3.8, 4) is 0 Å². The van der Waals surface area contributed by atoms with E-state index in [-0.39, 0.29) is 0 Å². The Morgan fingerprint density at radius 1 is 1.12 bits per heavy atom. The molecule has 1 fully saturated rings. The minimum atomic E-state index is -0.659. The van der Waals surface area contributed by atoms with Crippen LogP contribution in [0.2, 0.25) is 0 Å². The van der Waals surface area contributed by atoms with Crippen molar-refractivity contribution in [1.82, 2.24) is 10.2 Å². The van der Waals surface area contributed by atoms with Gasteiger partial charge in [0.2, 0.25) is 0 Å². The third-order valence-electron chi connectivity index (χ3n) is 3.01. The zero-order chi connectivity index (χ0) is 12.3. The zero-order valence-corrected chi connectivity index (χ0v) is 9.43. The fourth-order valence-electron chi connectivity index (χ4n) is 2.16. The minimum absolute atomic E-state index is 0.368. The minimum Gasteiger partial charge on any atom is -0.314 e. The van der Waals surface area contributed by atoms with Gasteiger partial charge in [-0.05, 0) is 17.7 Å². The first-order valence-corrected chi connectivity index (χ1v) is 5.67. The lowest BCUT2D eigenvalue weighted by atomic mass is 10.1. The number of piperazine rings is 1. The first-order chi connectivity index (χ1) is 8.20. The number of benzene rings is 1. The topological polar surface area (TPSA) is 15.3 Å². The van der Waals surface area contributed by atoms with E-state index >= 15 is 0 Å². The summed E-state index contributed by atoms with van der Waals surface area (Å²) < 4.78 is 39.3. The van der Waals surface area contributed by atoms with Gasteiger partial charge in [0.1, 0.15) is 18.3 Å². The SMILES string of the molecule is FC[C@H](c1cc(F)cc(F)c1)N1CCNCC1. The maximum Gasteiger partial charge on any atom is 0.126 e. The molecule has 0 spiro atoms. The largest absolute Gasteiger partial charge is 0.314 e. The van der Waals surface area contributed by atoms with E-state index < -0.39 is 24.4 Å². The molecule has 0 amide bonds. The van der Waals surface area contributed by atoms with Gasteiger partial charge >= 0.3 is 0 Å². The third-order valence-corrected chi connectivity index (χ3v) is 3.01. The van der Waals surface area contributed by atoms with Crippen LogP contribution in [0.5, 0.6) is 0 Å². The second kappa shape index (κ2) is 5.51. The van der Waals surface area contributed by atoms with Crippen LogP contribution in [-0.2, 0) is 0 Å². The molecule has 1 saturated heterocycles. The Bertz CT molecular complexity index is 358. The normalized spacial score (nSPS) is 19.2. The van der Waals surface area contributed by atoms with Gasteiger partial charge in [0.25, 0.3) is 0 Å². The van der Waals surface area contributed by atoms with E-state index in [1.807, 2.05) is 4.90 Å². The first-order valence-electron chi connectivity index (χ1n) is 5.67. The lowest BCUT2D eigenvalue weighted by molar-refractivity contribution is 0.147. The number of nitrogens with zero attached hydrogens (tertiary/aromatic N) is 1. The van der Waals surface area contributed by atoms with Gasteiger partial charge in [-0.1, -0.05) is 0 Å². The van der Waals surface area contributed by atoms with E-state index in [0.29, 0.717) is 18.7 Å². The van der Waals surface area contributed by atoms with E-state index in [9.17, 15) is 13.2 Å². The Labute approximate surface area is 98.4 Å². The predicted molar refractivity (Wildman–Crippen MR) is 59.5 cm³/mol. The molecule has 5 heteroatoms. The van der Waals surface area contributed by atoms with Gasteiger partial charge in [0.05, 0.1) is 6.04 Å². The maximum atomic E-state index is 13.1. The van der Waals surface area contributed by atoms with Crippen LogP contribution >= 0.6 is 0 Å². The van der Waals surface area contributed by atoms with Crippen molar-refractivity contribution in [2.75, 3.05) is 32.9 Å². The summed E-state index contributed by atoms with van der Waals surface area (Å²) in [4.78, 5) is 1.91. The highest BCUT2D eigenvalue weighted by molar-refractivity contribution is 5.22. The van der Waals surface area contributed by atoms with Gasteiger partial charge in [-0.2, -0.15) is 0 Å². The lowest BCUT2D eigenvalue weighted by Gasteiger charge is -2.33. The van der Waals surface area contributed by atoms with E-state index in [1.165, 1.54) is 12.1 Å². The molecule has 1 aromatic rings. The summed E-state index contributed by atoms with van der Waals surface area (Å²) in [6.45, 7) is 2.28. The van der Waals surface area contributed by atoms with Gasteiger partial charge in [-0.3, -0.25) is 4.90 Å². The maximum absolute atomic E-state index is 13.1. The first kappa shape index (κ1) is 12.4. The average Bonchev–Trinajstić information content (AvgIpc) is 2.30. The molecule has 0 saturated carbocycles. The molecule has 2 rings (SSSR count). The number of nitrogens with one attached hydrogen (secondary N) is 1. The molecule has 0 aromatic heterocycles. The molecule has 1 atom stereocenters. The molecule has 2 nitrogen and oxygen atoms in total. The van der Waals surface area contributed by atoms with Crippen LogP contribution < -0.4 is 5.32 Å². The standard InChI is InChI=1S/C12H15F3N2/c13-8-12(17-3-1-16-2-4-17)9-5-10(14)7-11(15)6-9/h5-7,12,16H,1-4,8H2/t12-/m1/s1. The van der Waals surface area contributed by atoms with Crippen LogP contribution in [0.25, 0.3) is 0 Å². The van der Waals surface area contributed by atoms with Crippen molar-refractivity contribution in [2.45, 2.75) is 6.04 Å². The van der Waals surface area contributed by atoms with E-state index in [0.717, 1.165) is 19.2 Å². The van der Waals surface area contributed by atoms with Crippen LogP contribution in [0.1, 0.15) is 11.6 Å². The van der Waals surface area contributed by atoms with Gasteiger partial charge in [-0.25, -0.2) is 13.2 Å². The third kappa shape index (κ3) is 2.98. The molecule has 0 radical (unpaired) electrons. The van der Waals surface area contributed by atoms with Crippen molar-refractivity contribution in [2.24, 2.45) is 0 Å². The van der Waals surface area contributed by atoms with Crippen LogP contribution in [-0.4, -0.2) is 37.8 Å². The van der Waals surface area contributed by atoms with E-state index in [2.05, 4.69) is 5.32 Å². The molecule has 17 heavy (non-hydrogen) atoms. The second-order valence-electron chi connectivity index (χ2n) is 4.16. The number of hydrogen-bond acceptors (Lipinski definition) is 2. The van der Waals surface area contributed by atoms with Gasteiger partial charge in [0, 0.05) is 32.2 Å². The number of halogens is 3. The van der Waals surface area contributed by atoms with Crippen LogP contribution in [0, 0.1) is 11.6 Å². The van der Waals surface area contributed by atoms with Crippen molar-refractivity contribution in [3.63, 3.8) is 0 Å². The fourth-order valence-corrected chi connectivity index (χ4v) is 2.16. The van der Waals surface area contributed by atoms with Gasteiger partial charge < -0.3 is 5.32 Å². The molecule has 1 aliphatic rings. The summed E-state index contributed by atoms with van der Waals surface area (Å²) in [6.07, 6.45) is 0. The van der Waals surface area contributed by atoms with Crippen LogP contribution in [0.15, 0.2) is 18.2 Å². The van der Waals surface area contributed by atoms with Crippen molar-refractivity contribution in [3.05, 3.63) is 35.4 Å². The zero-order valence-electron chi connectivity index (χ0n) is 9.43. The van der Waals surface area contributed by atoms with Gasteiger partial charge in [-0.15, -0.1) is 0 Å². The molecule has 1 N–H and O–H groups in total. The lowest BCUT2D eigenvalue weighted by Crippen LogP contribution is -2.45. The molecule has 0 unspecified atom stereocenters.